The van der Waals surface area contributed by atoms with Gasteiger partial charge in [-0.25, -0.2) is 0 Å². The van der Waals surface area contributed by atoms with E-state index in [1.54, 1.807) is 0 Å². The lowest BCUT2D eigenvalue weighted by Crippen LogP contribution is -2.11. The fraction of sp³-hybridized carbons (Fsp3) is 0. The topological polar surface area (TPSA) is 59.0 Å². The van der Waals surface area contributed by atoms with Gasteiger partial charge in [-0.2, -0.15) is 0 Å². The standard InChI is InChI=1S/C44H27NO2.C40H25NO2/c1-2-9-29-24-30(17-16-28(29)8-1)31-18-19-33-26-34(21-20-32(33)25-31)45(35-22-23-42-38(27-35)36-10-3-5-13-40(36)46-42)39-12-7-15-43-44(39)37-11-4-6-14-41(37)47-43;1-2-12-26(13-3-1)27-24-25-32(29-15-5-4-14-28(27)29)41(33-18-10-22-37-39(33)30-16-6-8-20-35(30)42-37)34-19-11-23-38-40(34)31-17-7-9-21-36(31)43-38/h1-27H;1-25H. The zero-order valence-corrected chi connectivity index (χ0v) is 48.5. The summed E-state index contributed by atoms with van der Waals surface area (Å²) in [4.78, 5) is 4.74. The van der Waals surface area contributed by atoms with Crippen molar-refractivity contribution in [2.75, 3.05) is 9.80 Å². The monoisotopic (exact) mass is 1150 g/mol. The largest absolute Gasteiger partial charge is 0.456 e. The van der Waals surface area contributed by atoms with E-state index in [-0.39, 0.29) is 0 Å². The molecule has 0 saturated carbocycles. The Kier molecular flexibility index (Phi) is 11.8. The van der Waals surface area contributed by atoms with Gasteiger partial charge in [-0.05, 0) is 158 Å². The molecule has 0 aliphatic heterocycles. The van der Waals surface area contributed by atoms with Gasteiger partial charge in [-0.1, -0.05) is 206 Å². The van der Waals surface area contributed by atoms with E-state index in [9.17, 15) is 0 Å². The van der Waals surface area contributed by atoms with E-state index in [0.717, 1.165) is 122 Å². The van der Waals surface area contributed by atoms with Crippen LogP contribution >= 0.6 is 0 Å². The van der Waals surface area contributed by atoms with E-state index in [4.69, 9.17) is 17.7 Å². The maximum atomic E-state index is 6.38. The molecule has 6 heteroatoms. The number of anilines is 6. The molecule has 19 aromatic rings. The van der Waals surface area contributed by atoms with Crippen molar-refractivity contribution in [3.8, 4) is 22.3 Å². The second kappa shape index (κ2) is 20.8. The smallest absolute Gasteiger partial charge is 0.137 e. The molecule has 0 fully saturated rings. The Morgan fingerprint density at radius 2 is 0.589 bits per heavy atom. The molecule has 0 amide bonds. The highest BCUT2D eigenvalue weighted by atomic mass is 16.3. The van der Waals surface area contributed by atoms with Gasteiger partial charge < -0.3 is 27.5 Å². The second-order valence-corrected chi connectivity index (χ2v) is 23.0. The zero-order chi connectivity index (χ0) is 59.2. The molecule has 0 N–H and O–H groups in total. The maximum absolute atomic E-state index is 6.38. The molecule has 0 atom stereocenters. The third-order valence-electron chi connectivity index (χ3n) is 17.9. The van der Waals surface area contributed by atoms with Gasteiger partial charge in [0.15, 0.2) is 0 Å². The van der Waals surface area contributed by atoms with Crippen molar-refractivity contribution in [1.29, 1.82) is 0 Å². The minimum Gasteiger partial charge on any atom is -0.456 e. The average Bonchev–Trinajstić information content (AvgIpc) is 1.47. The first-order chi connectivity index (χ1) is 44.6. The molecule has 15 aromatic carbocycles. The summed E-state index contributed by atoms with van der Waals surface area (Å²) in [5.41, 5.74) is 18.2. The number of nitrogens with zero attached hydrogens (tertiary/aromatic N) is 2. The van der Waals surface area contributed by atoms with Crippen LogP contribution in [0.1, 0.15) is 0 Å². The predicted octanol–water partition coefficient (Wildman–Crippen LogP) is 24.7. The van der Waals surface area contributed by atoms with Crippen molar-refractivity contribution in [3.63, 3.8) is 0 Å². The van der Waals surface area contributed by atoms with E-state index in [1.807, 2.05) is 48.5 Å². The van der Waals surface area contributed by atoms with E-state index < -0.39 is 0 Å². The Morgan fingerprint density at radius 1 is 0.189 bits per heavy atom. The molecule has 4 heterocycles. The first-order valence-corrected chi connectivity index (χ1v) is 30.4. The van der Waals surface area contributed by atoms with Gasteiger partial charge in [-0.15, -0.1) is 0 Å². The molecule has 0 aliphatic rings. The average molecular weight is 1150 g/mol. The first kappa shape index (κ1) is 51.1. The number of rotatable bonds is 8. The predicted molar refractivity (Wildman–Crippen MR) is 375 cm³/mol. The highest BCUT2D eigenvalue weighted by molar-refractivity contribution is 6.20. The normalized spacial score (nSPS) is 11.8. The molecule has 0 aliphatic carbocycles. The van der Waals surface area contributed by atoms with Crippen LogP contribution in [0.25, 0.3) is 142 Å². The SMILES string of the molecule is c1ccc(-c2ccc(N(c3cccc4oc5ccccc5c34)c3cccc4oc5ccccc5c34)c3ccccc23)cc1.c1ccc2cc(-c3ccc4cc(N(c5ccc6oc7ccccc7c6c5)c5cccc6oc7ccccc7c56)ccc4c3)ccc2c1. The molecule has 6 nitrogen and oxygen atoms in total. The molecule has 0 spiro atoms. The van der Waals surface area contributed by atoms with Gasteiger partial charge in [0.25, 0.3) is 0 Å². The van der Waals surface area contributed by atoms with E-state index >= 15 is 0 Å². The molecule has 90 heavy (non-hydrogen) atoms. The van der Waals surface area contributed by atoms with Crippen molar-refractivity contribution in [2.45, 2.75) is 0 Å². The number of hydrogen-bond acceptors (Lipinski definition) is 6. The number of fused-ring (bicyclic) bond motifs is 15. The van der Waals surface area contributed by atoms with E-state index in [1.165, 1.54) is 54.6 Å². The molecule has 4 aromatic heterocycles. The van der Waals surface area contributed by atoms with Crippen LogP contribution in [0.15, 0.2) is 333 Å². The van der Waals surface area contributed by atoms with Crippen molar-refractivity contribution >= 4 is 154 Å². The third-order valence-corrected chi connectivity index (χ3v) is 17.9. The Labute approximate surface area is 516 Å². The number of hydrogen-bond donors (Lipinski definition) is 0. The first-order valence-electron chi connectivity index (χ1n) is 30.4. The molecular weight excluding hydrogens is 1100 g/mol. The van der Waals surface area contributed by atoms with Crippen LogP contribution in [0.5, 0.6) is 0 Å². The van der Waals surface area contributed by atoms with Gasteiger partial charge >= 0.3 is 0 Å². The fourth-order valence-corrected chi connectivity index (χ4v) is 13.8. The lowest BCUT2D eigenvalue weighted by atomic mass is 9.96. The van der Waals surface area contributed by atoms with Crippen LogP contribution in [0.3, 0.4) is 0 Å². The number of para-hydroxylation sites is 4. The van der Waals surface area contributed by atoms with Crippen LogP contribution in [0.2, 0.25) is 0 Å². The van der Waals surface area contributed by atoms with Crippen LogP contribution in [0.4, 0.5) is 34.1 Å². The summed E-state index contributed by atoms with van der Waals surface area (Å²) >= 11 is 0. The third kappa shape index (κ3) is 8.41. The molecule has 422 valence electrons. The van der Waals surface area contributed by atoms with Crippen molar-refractivity contribution in [3.05, 3.63) is 315 Å². The van der Waals surface area contributed by atoms with Crippen LogP contribution in [-0.4, -0.2) is 0 Å². The van der Waals surface area contributed by atoms with Crippen LogP contribution in [-0.2, 0) is 0 Å². The Morgan fingerprint density at radius 3 is 1.19 bits per heavy atom. The number of furan rings is 4. The molecule has 0 bridgehead atoms. The second-order valence-electron chi connectivity index (χ2n) is 23.0. The van der Waals surface area contributed by atoms with Gasteiger partial charge in [0.1, 0.15) is 44.7 Å². The highest BCUT2D eigenvalue weighted by Gasteiger charge is 2.26. The zero-order valence-electron chi connectivity index (χ0n) is 48.5. The molecule has 0 radical (unpaired) electrons. The van der Waals surface area contributed by atoms with E-state index in [0.29, 0.717) is 0 Å². The quantitative estimate of drug-likeness (QED) is 0.151. The van der Waals surface area contributed by atoms with Crippen LogP contribution in [0, 0.1) is 0 Å². The Bertz CT molecular complexity index is 5910. The summed E-state index contributed by atoms with van der Waals surface area (Å²) in [6, 6.07) is 111. The van der Waals surface area contributed by atoms with Gasteiger partial charge in [0.05, 0.1) is 38.9 Å². The molecule has 0 saturated heterocycles. The molecular formula is C84H52N2O4. The summed E-state index contributed by atoms with van der Waals surface area (Å²) in [7, 11) is 0. The summed E-state index contributed by atoms with van der Waals surface area (Å²) in [5, 5.41) is 16.0. The van der Waals surface area contributed by atoms with Crippen molar-refractivity contribution < 1.29 is 17.7 Å². The molecule has 0 unspecified atom stereocenters. The Balaban J connectivity index is 0.000000134. The van der Waals surface area contributed by atoms with Crippen molar-refractivity contribution in [2.24, 2.45) is 0 Å². The lowest BCUT2D eigenvalue weighted by Gasteiger charge is -2.28. The van der Waals surface area contributed by atoms with Crippen LogP contribution < -0.4 is 9.80 Å². The van der Waals surface area contributed by atoms with Gasteiger partial charge in [-0.3, -0.25) is 0 Å². The Hall–Kier alpha value is -12.1. The summed E-state index contributed by atoms with van der Waals surface area (Å²) in [6.45, 7) is 0. The van der Waals surface area contributed by atoms with Crippen molar-refractivity contribution in [1.82, 2.24) is 0 Å². The maximum Gasteiger partial charge on any atom is 0.137 e. The minimum atomic E-state index is 0.859. The lowest BCUT2D eigenvalue weighted by molar-refractivity contribution is 0.668. The minimum absolute atomic E-state index is 0.859. The number of benzene rings is 15. The highest BCUT2D eigenvalue weighted by Crippen LogP contribution is 2.50. The summed E-state index contributed by atoms with van der Waals surface area (Å²) < 4.78 is 25.3. The summed E-state index contributed by atoms with van der Waals surface area (Å²) in [6.07, 6.45) is 0. The van der Waals surface area contributed by atoms with Gasteiger partial charge in [0.2, 0.25) is 0 Å². The van der Waals surface area contributed by atoms with Gasteiger partial charge in [0, 0.05) is 43.7 Å². The van der Waals surface area contributed by atoms with E-state index in [2.05, 4.69) is 277 Å². The fourth-order valence-electron chi connectivity index (χ4n) is 13.8. The molecule has 19 rings (SSSR count). The summed E-state index contributed by atoms with van der Waals surface area (Å²) in [5.74, 6) is 0.